The topological polar surface area (TPSA) is 35.7 Å². The van der Waals surface area contributed by atoms with Crippen LogP contribution in [0.25, 0.3) is 0 Å². The molecule has 2 N–H and O–H groups in total. The zero-order chi connectivity index (χ0) is 14.1. The van der Waals surface area contributed by atoms with E-state index in [9.17, 15) is 0 Å². The molecule has 0 aromatic carbocycles. The molecule has 0 aromatic heterocycles. The van der Waals surface area contributed by atoms with Crippen LogP contribution in [0.4, 0.5) is 0 Å². The smallest absolute Gasteiger partial charge is 0.0236 e. The molecule has 2 atom stereocenters. The predicted octanol–water partition coefficient (Wildman–Crippen LogP) is 0.967. The molecule has 4 heteroatoms. The maximum Gasteiger partial charge on any atom is 0.0236 e. The fraction of sp³-hybridized carbons (Fsp3) is 1.00. The average Bonchev–Trinajstić information content (AvgIpc) is 3.08. The Morgan fingerprint density at radius 3 is 2.05 bits per heavy atom. The van der Waals surface area contributed by atoms with Crippen molar-refractivity contribution in [2.45, 2.75) is 63.7 Å². The normalized spacial score (nSPS) is 35.4. The van der Waals surface area contributed by atoms with E-state index in [0.717, 1.165) is 12.1 Å². The standard InChI is InChI=1S/C16H32N4/c1-13(2)19-9-5-16(11-19)20-10-6-15(12-20)18-7-3-14(17)4-8-18/h13-16H,3-12,17H2,1-2H3. The second-order valence-corrected chi connectivity index (χ2v) is 7.34. The number of nitrogens with two attached hydrogens (primary N) is 1. The maximum absolute atomic E-state index is 6.02. The van der Waals surface area contributed by atoms with Gasteiger partial charge in [-0.1, -0.05) is 0 Å². The van der Waals surface area contributed by atoms with Crippen molar-refractivity contribution in [1.82, 2.24) is 14.7 Å². The lowest BCUT2D eigenvalue weighted by atomic mass is 10.0. The van der Waals surface area contributed by atoms with Gasteiger partial charge in [-0.2, -0.15) is 0 Å². The molecule has 0 radical (unpaired) electrons. The molecule has 0 spiro atoms. The third-order valence-electron chi connectivity index (χ3n) is 5.73. The molecular formula is C16H32N4. The number of hydrogen-bond donors (Lipinski definition) is 1. The fourth-order valence-electron chi connectivity index (χ4n) is 4.22. The lowest BCUT2D eigenvalue weighted by Gasteiger charge is -2.35. The molecule has 3 aliphatic heterocycles. The van der Waals surface area contributed by atoms with Gasteiger partial charge in [0.2, 0.25) is 0 Å². The van der Waals surface area contributed by atoms with E-state index in [1.165, 1.54) is 65.0 Å². The zero-order valence-electron chi connectivity index (χ0n) is 13.3. The first-order chi connectivity index (χ1) is 9.63. The van der Waals surface area contributed by atoms with E-state index in [0.29, 0.717) is 12.1 Å². The molecule has 0 saturated carbocycles. The molecule has 116 valence electrons. The number of nitrogens with zero attached hydrogens (tertiary/aromatic N) is 3. The highest BCUT2D eigenvalue weighted by Crippen LogP contribution is 2.25. The van der Waals surface area contributed by atoms with Gasteiger partial charge in [0.15, 0.2) is 0 Å². The molecule has 4 nitrogen and oxygen atoms in total. The van der Waals surface area contributed by atoms with Gasteiger partial charge >= 0.3 is 0 Å². The van der Waals surface area contributed by atoms with Crippen molar-refractivity contribution >= 4 is 0 Å². The lowest BCUT2D eigenvalue weighted by molar-refractivity contribution is 0.142. The summed E-state index contributed by atoms with van der Waals surface area (Å²) in [5.74, 6) is 0. The molecule has 3 rings (SSSR count). The molecule has 3 aliphatic rings. The molecule has 3 heterocycles. The van der Waals surface area contributed by atoms with Crippen LogP contribution in [-0.2, 0) is 0 Å². The Bertz CT molecular complexity index is 312. The van der Waals surface area contributed by atoms with Crippen molar-refractivity contribution in [3.63, 3.8) is 0 Å². The lowest BCUT2D eigenvalue weighted by Crippen LogP contribution is -2.47. The summed E-state index contributed by atoms with van der Waals surface area (Å²) in [6.07, 6.45) is 5.13. The highest BCUT2D eigenvalue weighted by atomic mass is 15.3. The molecule has 20 heavy (non-hydrogen) atoms. The van der Waals surface area contributed by atoms with Crippen LogP contribution in [0.5, 0.6) is 0 Å². The van der Waals surface area contributed by atoms with Crippen molar-refractivity contribution in [2.75, 3.05) is 39.3 Å². The average molecular weight is 280 g/mol. The monoisotopic (exact) mass is 280 g/mol. The molecule has 0 aliphatic carbocycles. The van der Waals surface area contributed by atoms with E-state index in [-0.39, 0.29) is 0 Å². The predicted molar refractivity (Wildman–Crippen MR) is 83.9 cm³/mol. The van der Waals surface area contributed by atoms with Crippen molar-refractivity contribution in [3.8, 4) is 0 Å². The minimum absolute atomic E-state index is 0.457. The highest BCUT2D eigenvalue weighted by Gasteiger charge is 2.35. The van der Waals surface area contributed by atoms with Crippen LogP contribution in [0.2, 0.25) is 0 Å². The Hall–Kier alpha value is -0.160. The molecule has 0 bridgehead atoms. The van der Waals surface area contributed by atoms with Crippen molar-refractivity contribution in [1.29, 1.82) is 0 Å². The van der Waals surface area contributed by atoms with Crippen LogP contribution in [0, 0.1) is 0 Å². The first-order valence-electron chi connectivity index (χ1n) is 8.61. The van der Waals surface area contributed by atoms with Gasteiger partial charge in [-0.15, -0.1) is 0 Å². The summed E-state index contributed by atoms with van der Waals surface area (Å²) < 4.78 is 0. The van der Waals surface area contributed by atoms with Crippen LogP contribution in [-0.4, -0.2) is 78.1 Å². The Labute approximate surface area is 124 Å². The molecule has 3 saturated heterocycles. The van der Waals surface area contributed by atoms with Gasteiger partial charge in [0.05, 0.1) is 0 Å². The zero-order valence-corrected chi connectivity index (χ0v) is 13.3. The minimum atomic E-state index is 0.457. The summed E-state index contributed by atoms with van der Waals surface area (Å²) in [4.78, 5) is 8.11. The third kappa shape index (κ3) is 3.19. The summed E-state index contributed by atoms with van der Waals surface area (Å²) in [6.45, 7) is 12.3. The SMILES string of the molecule is CC(C)N1CCC(N2CCC(N3CCC(N)CC3)C2)C1. The van der Waals surface area contributed by atoms with Gasteiger partial charge in [0.25, 0.3) is 0 Å². The summed E-state index contributed by atoms with van der Waals surface area (Å²) in [7, 11) is 0. The van der Waals surface area contributed by atoms with Gasteiger partial charge < -0.3 is 5.73 Å². The van der Waals surface area contributed by atoms with E-state index in [1.807, 2.05) is 0 Å². The minimum Gasteiger partial charge on any atom is -0.328 e. The summed E-state index contributed by atoms with van der Waals surface area (Å²) in [6, 6.07) is 2.78. The number of likely N-dealkylation sites (tertiary alicyclic amines) is 3. The van der Waals surface area contributed by atoms with Crippen LogP contribution < -0.4 is 5.73 Å². The van der Waals surface area contributed by atoms with Crippen LogP contribution >= 0.6 is 0 Å². The third-order valence-corrected chi connectivity index (χ3v) is 5.73. The van der Waals surface area contributed by atoms with Gasteiger partial charge in [0, 0.05) is 50.3 Å². The van der Waals surface area contributed by atoms with Crippen molar-refractivity contribution in [3.05, 3.63) is 0 Å². The number of hydrogen-bond acceptors (Lipinski definition) is 4. The molecule has 2 unspecified atom stereocenters. The number of rotatable bonds is 3. The van der Waals surface area contributed by atoms with Crippen LogP contribution in [0.1, 0.15) is 39.5 Å². The quantitative estimate of drug-likeness (QED) is 0.835. The highest BCUT2D eigenvalue weighted by molar-refractivity contribution is 4.93. The second kappa shape index (κ2) is 6.30. The summed E-state index contributed by atoms with van der Waals surface area (Å²) in [5.41, 5.74) is 6.02. The van der Waals surface area contributed by atoms with E-state index < -0.39 is 0 Å². The largest absolute Gasteiger partial charge is 0.328 e. The molecule has 0 amide bonds. The Balaban J connectivity index is 1.48. The Morgan fingerprint density at radius 2 is 1.40 bits per heavy atom. The molecule has 0 aromatic rings. The summed E-state index contributed by atoms with van der Waals surface area (Å²) >= 11 is 0. The van der Waals surface area contributed by atoms with Gasteiger partial charge in [-0.05, 0) is 52.6 Å². The molecular weight excluding hydrogens is 248 g/mol. The van der Waals surface area contributed by atoms with Crippen LogP contribution in [0.3, 0.4) is 0 Å². The van der Waals surface area contributed by atoms with Gasteiger partial charge in [-0.3, -0.25) is 14.7 Å². The van der Waals surface area contributed by atoms with Gasteiger partial charge in [0.1, 0.15) is 0 Å². The van der Waals surface area contributed by atoms with E-state index in [4.69, 9.17) is 5.73 Å². The first kappa shape index (κ1) is 14.8. The van der Waals surface area contributed by atoms with Crippen LogP contribution in [0.15, 0.2) is 0 Å². The van der Waals surface area contributed by atoms with Gasteiger partial charge in [-0.25, -0.2) is 0 Å². The summed E-state index contributed by atoms with van der Waals surface area (Å²) in [5, 5.41) is 0. The second-order valence-electron chi connectivity index (χ2n) is 7.34. The van der Waals surface area contributed by atoms with E-state index in [1.54, 1.807) is 0 Å². The first-order valence-corrected chi connectivity index (χ1v) is 8.61. The van der Waals surface area contributed by atoms with E-state index in [2.05, 4.69) is 28.5 Å². The van der Waals surface area contributed by atoms with E-state index >= 15 is 0 Å². The Morgan fingerprint density at radius 1 is 0.800 bits per heavy atom. The maximum atomic E-state index is 6.02. The van der Waals surface area contributed by atoms with Crippen molar-refractivity contribution in [2.24, 2.45) is 5.73 Å². The Kier molecular flexibility index (Phi) is 4.65. The fourth-order valence-corrected chi connectivity index (χ4v) is 4.22. The van der Waals surface area contributed by atoms with Crippen molar-refractivity contribution < 1.29 is 0 Å². The molecule has 3 fully saturated rings. The number of piperidine rings is 1.